The van der Waals surface area contributed by atoms with Crippen LogP contribution in [0.4, 0.5) is 26.3 Å². The van der Waals surface area contributed by atoms with Gasteiger partial charge in [-0.1, -0.05) is 0 Å². The lowest BCUT2D eigenvalue weighted by Crippen LogP contribution is -2.32. The molecule has 1 rings (SSSR count). The highest BCUT2D eigenvalue weighted by molar-refractivity contribution is 7.51. The fourth-order valence-electron chi connectivity index (χ4n) is 1.08. The molecule has 0 saturated carbocycles. The molecule has 0 unspecified atom stereocenters. The van der Waals surface area contributed by atoms with E-state index in [2.05, 4.69) is 0 Å². The van der Waals surface area contributed by atoms with Crippen LogP contribution < -0.4 is 4.57 Å². The number of aromatic nitrogens is 2. The fraction of sp³-hybridized carbons (Fsp3) is 0.667. The minimum Gasteiger partial charge on any atom is -0.478 e. The Balaban J connectivity index is -0.000000317. The highest BCUT2D eigenvalue weighted by Gasteiger charge is 2.27. The van der Waals surface area contributed by atoms with Gasteiger partial charge in [0.05, 0.1) is 13.2 Å². The zero-order chi connectivity index (χ0) is 21.2. The molecule has 0 atom stereocenters. The maximum absolute atomic E-state index is 10.7. The molecule has 26 heavy (non-hydrogen) atoms. The van der Waals surface area contributed by atoms with Gasteiger partial charge in [0.15, 0.2) is 0 Å². The summed E-state index contributed by atoms with van der Waals surface area (Å²) in [4.78, 5) is 0. The predicted octanol–water partition coefficient (Wildman–Crippen LogP) is -0.181. The molecule has 1 aromatic heterocycles. The molecule has 0 bridgehead atoms. The molecular formula is C9H13F6N3O6S2. The number of aliphatic hydroxyl groups is 2. The van der Waals surface area contributed by atoms with Gasteiger partial charge in [-0.25, -0.2) is 9.13 Å². The molecular weight excluding hydrogens is 424 g/mol. The molecule has 9 nitrogen and oxygen atoms in total. The van der Waals surface area contributed by atoms with E-state index >= 15 is 0 Å². The number of hydrogen-bond acceptors (Lipinski definition) is 6. The van der Waals surface area contributed by atoms with Gasteiger partial charge < -0.3 is 15.5 Å². The average molecular weight is 437 g/mol. The smallest absolute Gasteiger partial charge is 0.335 e. The second-order valence-corrected chi connectivity index (χ2v) is 3.79. The molecule has 2 N–H and O–H groups in total. The Hall–Kier alpha value is -1.69. The molecule has 0 spiro atoms. The second kappa shape index (κ2) is 16.8. The summed E-state index contributed by atoms with van der Waals surface area (Å²) < 4.78 is 101. The number of nitrogens with zero attached hydrogens (tertiary/aromatic N) is 3. The zero-order valence-electron chi connectivity index (χ0n) is 12.5. The van der Waals surface area contributed by atoms with Crippen LogP contribution in [0.2, 0.25) is 0 Å². The Morgan fingerprint density at radius 3 is 1.62 bits per heavy atom. The first-order chi connectivity index (χ1) is 11.9. The first-order valence-electron chi connectivity index (χ1n) is 5.88. The van der Waals surface area contributed by atoms with E-state index in [1.54, 1.807) is 0 Å². The largest absolute Gasteiger partial charge is 0.478 e. The van der Waals surface area contributed by atoms with Crippen LogP contribution in [0.1, 0.15) is 0 Å². The van der Waals surface area contributed by atoms with Gasteiger partial charge in [0.1, 0.15) is 25.5 Å². The standard InChI is InChI=1S/C7H13N2O2.C2F6N.2O2S/c10-5-3-8-1-2-9(7-8)4-6-11;3-1(4,5)9-2(6,7)8;2*1-3-2/h1-2,7,10-11H,3-6H2;;;/q+1;-1;;. The van der Waals surface area contributed by atoms with Crippen LogP contribution in [0, 0.1) is 0 Å². The molecule has 0 amide bonds. The summed E-state index contributed by atoms with van der Waals surface area (Å²) in [5, 5.41) is 17.7. The van der Waals surface area contributed by atoms with Gasteiger partial charge in [-0.05, 0) is 0 Å². The zero-order valence-corrected chi connectivity index (χ0v) is 14.1. The number of alkyl halides is 6. The quantitative estimate of drug-likeness (QED) is 0.382. The molecule has 0 aliphatic rings. The van der Waals surface area contributed by atoms with Crippen LogP contribution in [0.5, 0.6) is 0 Å². The molecule has 0 saturated heterocycles. The van der Waals surface area contributed by atoms with Crippen LogP contribution >= 0.6 is 0 Å². The minimum atomic E-state index is -5.52. The van der Waals surface area contributed by atoms with Crippen molar-refractivity contribution in [1.29, 1.82) is 0 Å². The Morgan fingerprint density at radius 2 is 1.35 bits per heavy atom. The monoisotopic (exact) mass is 437 g/mol. The van der Waals surface area contributed by atoms with Crippen molar-refractivity contribution >= 4 is 23.1 Å². The fourth-order valence-corrected chi connectivity index (χ4v) is 1.08. The third-order valence-electron chi connectivity index (χ3n) is 1.72. The van der Waals surface area contributed by atoms with E-state index in [0.717, 1.165) is 0 Å². The first kappa shape index (κ1) is 29.1. The van der Waals surface area contributed by atoms with E-state index in [0.29, 0.717) is 18.4 Å². The molecule has 1 heterocycles. The summed E-state index contributed by atoms with van der Waals surface area (Å²) in [5.41, 5.74) is 0. The predicted molar refractivity (Wildman–Crippen MR) is 72.1 cm³/mol. The summed E-state index contributed by atoms with van der Waals surface area (Å²) in [5.74, 6) is 0. The lowest BCUT2D eigenvalue weighted by molar-refractivity contribution is -0.697. The van der Waals surface area contributed by atoms with Crippen molar-refractivity contribution in [2.24, 2.45) is 0 Å². The molecule has 154 valence electrons. The van der Waals surface area contributed by atoms with Crippen molar-refractivity contribution < 1.29 is 58.0 Å². The Labute approximate surface area is 149 Å². The van der Waals surface area contributed by atoms with E-state index in [1.165, 1.54) is 0 Å². The summed E-state index contributed by atoms with van der Waals surface area (Å²) in [6, 6.07) is 0. The Bertz CT molecular complexity index is 496. The van der Waals surface area contributed by atoms with Gasteiger partial charge in [-0.15, -0.1) is 0 Å². The van der Waals surface area contributed by atoms with E-state index in [1.807, 2.05) is 27.9 Å². The second-order valence-electron chi connectivity index (χ2n) is 3.52. The third kappa shape index (κ3) is 27.2. The van der Waals surface area contributed by atoms with Crippen LogP contribution in [-0.2, 0) is 36.2 Å². The summed E-state index contributed by atoms with van der Waals surface area (Å²) in [6.07, 6.45) is -5.44. The minimum absolute atomic E-state index is 0.147. The number of hydrogen-bond donors (Lipinski definition) is 2. The van der Waals surface area contributed by atoms with Gasteiger partial charge in [-0.3, -0.25) is 0 Å². The van der Waals surface area contributed by atoms with Gasteiger partial charge in [0.25, 0.3) is 0 Å². The SMILES string of the molecule is FC(F)(F)[N-]C(F)(F)F.O=S=O.O=S=O.OCCn1cc[n+](CCO)c1. The molecule has 0 fully saturated rings. The van der Waals surface area contributed by atoms with Gasteiger partial charge in [0.2, 0.25) is 6.33 Å². The molecule has 1 aromatic rings. The average Bonchev–Trinajstić information content (AvgIpc) is 2.85. The van der Waals surface area contributed by atoms with E-state index in [9.17, 15) is 26.3 Å². The van der Waals surface area contributed by atoms with Crippen molar-refractivity contribution in [3.8, 4) is 0 Å². The maximum atomic E-state index is 10.7. The van der Waals surface area contributed by atoms with E-state index in [4.69, 9.17) is 27.0 Å². The van der Waals surface area contributed by atoms with Crippen molar-refractivity contribution in [2.45, 2.75) is 25.7 Å². The van der Waals surface area contributed by atoms with Crippen molar-refractivity contribution in [2.75, 3.05) is 13.2 Å². The first-order valence-corrected chi connectivity index (χ1v) is 7.21. The highest BCUT2D eigenvalue weighted by atomic mass is 32.1. The Kier molecular flexibility index (Phi) is 18.8. The van der Waals surface area contributed by atoms with Crippen LogP contribution in [0.15, 0.2) is 18.7 Å². The van der Waals surface area contributed by atoms with Crippen molar-refractivity contribution in [1.82, 2.24) is 4.57 Å². The van der Waals surface area contributed by atoms with Crippen LogP contribution in [0.3, 0.4) is 0 Å². The van der Waals surface area contributed by atoms with Gasteiger partial charge in [0, 0.05) is 0 Å². The van der Waals surface area contributed by atoms with Gasteiger partial charge in [-0.2, -0.15) is 43.2 Å². The number of halogens is 6. The highest BCUT2D eigenvalue weighted by Crippen LogP contribution is 2.34. The topological polar surface area (TPSA) is 132 Å². The number of rotatable bonds is 4. The third-order valence-corrected chi connectivity index (χ3v) is 1.72. The summed E-state index contributed by atoms with van der Waals surface area (Å²) in [6.45, 7) is 1.51. The molecule has 0 aliphatic heterocycles. The van der Waals surface area contributed by atoms with Crippen molar-refractivity contribution in [3.63, 3.8) is 0 Å². The number of imidazole rings is 1. The van der Waals surface area contributed by atoms with Gasteiger partial charge >= 0.3 is 35.7 Å². The lowest BCUT2D eigenvalue weighted by Gasteiger charge is -2.26. The molecule has 0 aromatic carbocycles. The van der Waals surface area contributed by atoms with Crippen molar-refractivity contribution in [3.05, 3.63) is 24.0 Å². The summed E-state index contributed by atoms with van der Waals surface area (Å²) in [7, 11) is 0. The summed E-state index contributed by atoms with van der Waals surface area (Å²) >= 11 is -1.50. The van der Waals surface area contributed by atoms with Crippen LogP contribution in [-0.4, -0.2) is 57.4 Å². The van der Waals surface area contributed by atoms with E-state index in [-0.39, 0.29) is 13.2 Å². The van der Waals surface area contributed by atoms with E-state index < -0.39 is 35.7 Å². The van der Waals surface area contributed by atoms with Crippen LogP contribution in [0.25, 0.3) is 5.32 Å². The molecule has 17 heteroatoms. The Morgan fingerprint density at radius 1 is 0.923 bits per heavy atom. The molecule has 0 aliphatic carbocycles. The number of aliphatic hydroxyl groups excluding tert-OH is 2. The molecule has 0 radical (unpaired) electrons. The maximum Gasteiger partial charge on any atom is 0.335 e. The lowest BCUT2D eigenvalue weighted by atomic mass is 10.7. The normalized spacial score (nSPS) is 10.2.